The number of phenolic OH excluding ortho intramolecular Hbond substituents is 1. The van der Waals surface area contributed by atoms with E-state index in [1.807, 2.05) is 6.92 Å². The first-order valence-electron chi connectivity index (χ1n) is 11.4. The number of amides is 1. The molecule has 4 N–H and O–H groups in total. The van der Waals surface area contributed by atoms with Gasteiger partial charge in [-0.3, -0.25) is 9.78 Å². The number of phenols is 1. The summed E-state index contributed by atoms with van der Waals surface area (Å²) in [6.45, 7) is 1.82. The van der Waals surface area contributed by atoms with Gasteiger partial charge in [-0.2, -0.15) is 13.2 Å². The highest BCUT2D eigenvalue weighted by atomic mass is 19.4. The molecular weight excluding hydrogens is 495 g/mol. The lowest BCUT2D eigenvalue weighted by atomic mass is 9.92. The predicted octanol–water partition coefficient (Wildman–Crippen LogP) is 6.23. The molecule has 2 aromatic heterocycles. The van der Waals surface area contributed by atoms with E-state index in [-0.39, 0.29) is 22.9 Å². The Kier molecular flexibility index (Phi) is 6.15. The maximum atomic E-state index is 13.1. The quantitative estimate of drug-likeness (QED) is 0.262. The predicted molar refractivity (Wildman–Crippen MR) is 138 cm³/mol. The molecule has 0 aliphatic carbocycles. The lowest BCUT2D eigenvalue weighted by Crippen LogP contribution is -2.13. The fourth-order valence-corrected chi connectivity index (χ4v) is 4.20. The minimum atomic E-state index is -4.54. The van der Waals surface area contributed by atoms with E-state index in [2.05, 4.69) is 20.3 Å². The molecule has 0 unspecified atom stereocenters. The Balaban J connectivity index is 1.60. The number of aryl methyl sites for hydroxylation is 1. The van der Waals surface area contributed by atoms with E-state index in [0.717, 1.165) is 17.7 Å². The van der Waals surface area contributed by atoms with Crippen LogP contribution in [-0.4, -0.2) is 26.0 Å². The number of aromatic nitrogens is 3. The lowest BCUT2D eigenvalue weighted by molar-refractivity contribution is -0.137. The van der Waals surface area contributed by atoms with E-state index < -0.39 is 17.6 Å². The van der Waals surface area contributed by atoms with Crippen molar-refractivity contribution in [2.24, 2.45) is 0 Å². The number of fused-ring (bicyclic) bond motifs is 1. The third-order valence-electron chi connectivity index (χ3n) is 6.05. The summed E-state index contributed by atoms with van der Waals surface area (Å²) in [6.07, 6.45) is 0.195. The van der Waals surface area contributed by atoms with Crippen molar-refractivity contribution in [1.29, 1.82) is 0 Å². The second-order valence-corrected chi connectivity index (χ2v) is 8.62. The maximum absolute atomic E-state index is 13.1. The van der Waals surface area contributed by atoms with E-state index in [4.69, 9.17) is 5.73 Å². The van der Waals surface area contributed by atoms with E-state index in [1.54, 1.807) is 55.0 Å². The van der Waals surface area contributed by atoms with Crippen molar-refractivity contribution in [2.45, 2.75) is 13.1 Å². The molecule has 0 aliphatic rings. The molecule has 7 nitrogen and oxygen atoms in total. The van der Waals surface area contributed by atoms with Gasteiger partial charge in [0.2, 0.25) is 5.95 Å². The average Bonchev–Trinajstić information content (AvgIpc) is 2.89. The van der Waals surface area contributed by atoms with Crippen LogP contribution >= 0.6 is 0 Å². The normalized spacial score (nSPS) is 11.5. The van der Waals surface area contributed by atoms with Crippen molar-refractivity contribution in [2.75, 3.05) is 11.1 Å². The molecule has 1 amide bonds. The zero-order valence-corrected chi connectivity index (χ0v) is 19.9. The largest absolute Gasteiger partial charge is 0.507 e. The molecule has 0 spiro atoms. The lowest BCUT2D eigenvalue weighted by Gasteiger charge is -2.16. The molecule has 38 heavy (non-hydrogen) atoms. The number of pyridine rings is 1. The van der Waals surface area contributed by atoms with E-state index in [1.165, 1.54) is 12.1 Å². The molecule has 0 bridgehead atoms. The molecule has 0 atom stereocenters. The van der Waals surface area contributed by atoms with E-state index in [9.17, 15) is 23.1 Å². The number of rotatable bonds is 4. The minimum absolute atomic E-state index is 0.00843. The number of halogens is 3. The SMILES string of the molecule is Cc1ccc(C(=O)Nc2cccc(C(F)(F)F)c2)cc1-c1cc2cnc(N)nc2c(-c2cccnc2)c1O. The van der Waals surface area contributed by atoms with Gasteiger partial charge in [0.05, 0.1) is 16.6 Å². The molecule has 0 saturated carbocycles. The first kappa shape index (κ1) is 24.7. The standard InChI is InChI=1S/C28H20F3N5O2/c1-15-7-8-16(26(38)35-20-6-2-5-19(12-20)28(29,30)31)10-21(15)22-11-18-14-34-27(32)36-24(18)23(25(22)37)17-4-3-9-33-13-17/h2-14,37H,1H3,(H,35,38)(H2,32,34,36). The van der Waals surface area contributed by atoms with Crippen LogP contribution in [0.2, 0.25) is 0 Å². The molecule has 0 radical (unpaired) electrons. The van der Waals surface area contributed by atoms with Crippen LogP contribution in [0.4, 0.5) is 24.8 Å². The minimum Gasteiger partial charge on any atom is -0.507 e. The monoisotopic (exact) mass is 515 g/mol. The van der Waals surface area contributed by atoms with Crippen molar-refractivity contribution in [3.8, 4) is 28.0 Å². The molecule has 190 valence electrons. The third-order valence-corrected chi connectivity index (χ3v) is 6.05. The summed E-state index contributed by atoms with van der Waals surface area (Å²) in [7, 11) is 0. The van der Waals surface area contributed by atoms with Gasteiger partial charge in [-0.25, -0.2) is 9.97 Å². The number of carbonyl (C=O) groups excluding carboxylic acids is 1. The van der Waals surface area contributed by atoms with Crippen molar-refractivity contribution in [1.82, 2.24) is 15.0 Å². The van der Waals surface area contributed by atoms with Crippen LogP contribution in [0.1, 0.15) is 21.5 Å². The highest BCUT2D eigenvalue weighted by Gasteiger charge is 2.30. The van der Waals surface area contributed by atoms with Crippen LogP contribution < -0.4 is 11.1 Å². The summed E-state index contributed by atoms with van der Waals surface area (Å²) in [5.41, 5.74) is 8.30. The molecule has 10 heteroatoms. The number of nitrogens with zero attached hydrogens (tertiary/aromatic N) is 3. The van der Waals surface area contributed by atoms with Gasteiger partial charge < -0.3 is 16.2 Å². The van der Waals surface area contributed by atoms with Crippen LogP contribution in [0, 0.1) is 6.92 Å². The fourth-order valence-electron chi connectivity index (χ4n) is 4.20. The molecule has 0 fully saturated rings. The van der Waals surface area contributed by atoms with Crippen LogP contribution in [0.15, 0.2) is 79.3 Å². The van der Waals surface area contributed by atoms with E-state index in [0.29, 0.717) is 33.2 Å². The Morgan fingerprint density at radius 3 is 2.55 bits per heavy atom. The second kappa shape index (κ2) is 9.47. The molecule has 5 aromatic rings. The molecule has 3 aromatic carbocycles. The highest BCUT2D eigenvalue weighted by Crippen LogP contribution is 2.43. The van der Waals surface area contributed by atoms with Crippen LogP contribution in [-0.2, 0) is 6.18 Å². The van der Waals surface area contributed by atoms with Crippen LogP contribution in [0.3, 0.4) is 0 Å². The van der Waals surface area contributed by atoms with Crippen LogP contribution in [0.25, 0.3) is 33.2 Å². The third kappa shape index (κ3) is 4.71. The number of hydrogen-bond donors (Lipinski definition) is 3. The highest BCUT2D eigenvalue weighted by molar-refractivity contribution is 6.06. The van der Waals surface area contributed by atoms with Gasteiger partial charge in [-0.05, 0) is 60.5 Å². The first-order chi connectivity index (χ1) is 18.1. The summed E-state index contributed by atoms with van der Waals surface area (Å²) >= 11 is 0. The van der Waals surface area contributed by atoms with Gasteiger partial charge in [-0.15, -0.1) is 0 Å². The topological polar surface area (TPSA) is 114 Å². The summed E-state index contributed by atoms with van der Waals surface area (Å²) < 4.78 is 39.3. The zero-order valence-electron chi connectivity index (χ0n) is 19.9. The summed E-state index contributed by atoms with van der Waals surface area (Å²) in [6, 6.07) is 14.4. The average molecular weight is 515 g/mol. The summed E-state index contributed by atoms with van der Waals surface area (Å²) in [5, 5.41) is 14.6. The van der Waals surface area contributed by atoms with Gasteiger partial charge in [0.15, 0.2) is 0 Å². The van der Waals surface area contributed by atoms with Gasteiger partial charge >= 0.3 is 6.18 Å². The Bertz CT molecular complexity index is 1690. The van der Waals surface area contributed by atoms with Crippen molar-refractivity contribution in [3.05, 3.63) is 95.9 Å². The zero-order chi connectivity index (χ0) is 27.0. The number of anilines is 2. The van der Waals surface area contributed by atoms with Gasteiger partial charge in [0, 0.05) is 46.4 Å². The number of alkyl halides is 3. The smallest absolute Gasteiger partial charge is 0.416 e. The number of nitrogens with two attached hydrogens (primary N) is 1. The molecule has 5 rings (SSSR count). The fraction of sp³-hybridized carbons (Fsp3) is 0.0714. The first-order valence-corrected chi connectivity index (χ1v) is 11.4. The second-order valence-electron chi connectivity index (χ2n) is 8.62. The number of nitrogen functional groups attached to an aromatic ring is 1. The molecule has 0 aliphatic heterocycles. The number of nitrogens with one attached hydrogen (secondary N) is 1. The molecule has 2 heterocycles. The maximum Gasteiger partial charge on any atom is 0.416 e. The number of carbonyl (C=O) groups is 1. The Morgan fingerprint density at radius 1 is 1.00 bits per heavy atom. The molecular formula is C28H20F3N5O2. The van der Waals surface area contributed by atoms with Crippen molar-refractivity contribution >= 4 is 28.4 Å². The van der Waals surface area contributed by atoms with Gasteiger partial charge in [0.1, 0.15) is 5.75 Å². The Labute approximate surface area is 214 Å². The number of hydrogen-bond acceptors (Lipinski definition) is 6. The number of benzene rings is 3. The molecule has 0 saturated heterocycles. The summed E-state index contributed by atoms with van der Waals surface area (Å²) in [4.78, 5) is 25.5. The Morgan fingerprint density at radius 2 is 1.82 bits per heavy atom. The van der Waals surface area contributed by atoms with Crippen molar-refractivity contribution < 1.29 is 23.1 Å². The van der Waals surface area contributed by atoms with Gasteiger partial charge in [0.25, 0.3) is 5.91 Å². The van der Waals surface area contributed by atoms with Crippen molar-refractivity contribution in [3.63, 3.8) is 0 Å². The van der Waals surface area contributed by atoms with Gasteiger partial charge in [-0.1, -0.05) is 18.2 Å². The Hall–Kier alpha value is -4.99. The summed E-state index contributed by atoms with van der Waals surface area (Å²) in [5.74, 6) is -0.657. The van der Waals surface area contributed by atoms with E-state index >= 15 is 0 Å². The van der Waals surface area contributed by atoms with Crippen LogP contribution in [0.5, 0.6) is 5.75 Å². The number of aromatic hydroxyl groups is 1.